The van der Waals surface area contributed by atoms with Crippen molar-refractivity contribution in [3.05, 3.63) is 65.9 Å². The molecule has 1 saturated heterocycles. The number of ether oxygens (including phenoxy) is 1. The van der Waals surface area contributed by atoms with Crippen LogP contribution in [-0.2, 0) is 20.7 Å². The third-order valence-corrected chi connectivity index (χ3v) is 6.15. The van der Waals surface area contributed by atoms with Crippen LogP contribution in [0.5, 0.6) is 0 Å². The molecule has 166 valence electrons. The van der Waals surface area contributed by atoms with Crippen LogP contribution in [0.25, 0.3) is 22.0 Å². The minimum atomic E-state index is -0.400. The molecule has 5 heteroatoms. The Hall–Kier alpha value is -3.21. The lowest BCUT2D eigenvalue weighted by Gasteiger charge is -2.24. The highest BCUT2D eigenvalue weighted by Crippen LogP contribution is 2.33. The average molecular weight is 431 g/mol. The molecule has 3 aromatic rings. The van der Waals surface area contributed by atoms with Gasteiger partial charge in [0.1, 0.15) is 0 Å². The maximum absolute atomic E-state index is 12.8. The average Bonchev–Trinajstić information content (AvgIpc) is 2.78. The summed E-state index contributed by atoms with van der Waals surface area (Å²) in [5.74, 6) is -0.500. The number of aryl methyl sites for hydroxylation is 1. The van der Waals surface area contributed by atoms with E-state index in [0.717, 1.165) is 72.1 Å². The number of rotatable bonds is 5. The first-order valence-corrected chi connectivity index (χ1v) is 11.5. The van der Waals surface area contributed by atoms with Crippen molar-refractivity contribution in [3.63, 3.8) is 0 Å². The molecule has 0 spiro atoms. The number of pyridine rings is 1. The van der Waals surface area contributed by atoms with E-state index in [1.54, 1.807) is 0 Å². The molecule has 0 aliphatic carbocycles. The van der Waals surface area contributed by atoms with E-state index in [1.165, 1.54) is 6.42 Å². The minimum Gasteiger partial charge on any atom is -0.455 e. The number of hydrogen-bond acceptors (Lipinski definition) is 4. The lowest BCUT2D eigenvalue weighted by Crippen LogP contribution is -2.37. The Kier molecular flexibility index (Phi) is 7.15. The molecule has 4 rings (SSSR count). The Morgan fingerprint density at radius 2 is 1.56 bits per heavy atom. The molecule has 5 nitrogen and oxygen atoms in total. The summed E-state index contributed by atoms with van der Waals surface area (Å²) in [6, 6.07) is 18.0. The van der Waals surface area contributed by atoms with Crippen molar-refractivity contribution in [1.82, 2.24) is 9.88 Å². The molecule has 0 unspecified atom stereocenters. The first-order chi connectivity index (χ1) is 15.6. The van der Waals surface area contributed by atoms with Crippen molar-refractivity contribution >= 4 is 22.8 Å². The highest BCUT2D eigenvalue weighted by molar-refractivity contribution is 5.98. The minimum absolute atomic E-state index is 0.0845. The summed E-state index contributed by atoms with van der Waals surface area (Å²) in [6.07, 6.45) is 5.66. The van der Waals surface area contributed by atoms with Gasteiger partial charge >= 0.3 is 5.97 Å². The fourth-order valence-corrected chi connectivity index (χ4v) is 4.45. The molecule has 2 aromatic carbocycles. The van der Waals surface area contributed by atoms with Gasteiger partial charge in [0.05, 0.1) is 11.9 Å². The molecule has 0 bridgehead atoms. The van der Waals surface area contributed by atoms with Crippen LogP contribution in [0.2, 0.25) is 0 Å². The number of aromatic nitrogens is 1. The van der Waals surface area contributed by atoms with Crippen LogP contribution in [0.4, 0.5) is 0 Å². The largest absolute Gasteiger partial charge is 0.455 e. The second-order valence-electron chi connectivity index (χ2n) is 8.42. The van der Waals surface area contributed by atoms with Crippen LogP contribution in [0.15, 0.2) is 54.6 Å². The summed E-state index contributed by atoms with van der Waals surface area (Å²) in [4.78, 5) is 31.9. The second kappa shape index (κ2) is 10.4. The zero-order valence-corrected chi connectivity index (χ0v) is 18.7. The number of amides is 1. The van der Waals surface area contributed by atoms with E-state index in [1.807, 2.05) is 66.4 Å². The van der Waals surface area contributed by atoms with Gasteiger partial charge in [-0.2, -0.15) is 0 Å². The van der Waals surface area contributed by atoms with Gasteiger partial charge < -0.3 is 9.64 Å². The molecule has 1 aromatic heterocycles. The summed E-state index contributed by atoms with van der Waals surface area (Å²) < 4.78 is 5.43. The monoisotopic (exact) mass is 430 g/mol. The molecule has 0 N–H and O–H groups in total. The number of carbonyl (C=O) groups is 2. The summed E-state index contributed by atoms with van der Waals surface area (Å²) in [7, 11) is 0. The Morgan fingerprint density at radius 1 is 0.906 bits per heavy atom. The molecule has 0 radical (unpaired) electrons. The number of benzene rings is 2. The molecule has 1 aliphatic rings. The fraction of sp³-hybridized carbons (Fsp3) is 0.370. The number of fused-ring (bicyclic) bond motifs is 1. The zero-order chi connectivity index (χ0) is 22.3. The second-order valence-corrected chi connectivity index (χ2v) is 8.42. The number of likely N-dealkylation sites (tertiary alicyclic amines) is 1. The van der Waals surface area contributed by atoms with Crippen LogP contribution >= 0.6 is 0 Å². The van der Waals surface area contributed by atoms with E-state index in [2.05, 4.69) is 0 Å². The van der Waals surface area contributed by atoms with Crippen molar-refractivity contribution in [1.29, 1.82) is 0 Å². The summed E-state index contributed by atoms with van der Waals surface area (Å²) in [5.41, 5.74) is 4.58. The van der Waals surface area contributed by atoms with E-state index >= 15 is 0 Å². The molecule has 1 fully saturated rings. The van der Waals surface area contributed by atoms with Crippen LogP contribution in [-0.4, -0.2) is 41.5 Å². The number of nitrogens with zero attached hydrogens (tertiary/aromatic N) is 2. The topological polar surface area (TPSA) is 59.5 Å². The van der Waals surface area contributed by atoms with E-state index in [-0.39, 0.29) is 18.9 Å². The van der Waals surface area contributed by atoms with Crippen LogP contribution in [0.3, 0.4) is 0 Å². The predicted octanol–water partition coefficient (Wildman–Crippen LogP) is 5.09. The maximum Gasteiger partial charge on any atom is 0.310 e. The first-order valence-electron chi connectivity index (χ1n) is 11.5. The molecule has 0 atom stereocenters. The van der Waals surface area contributed by atoms with Gasteiger partial charge in [-0.15, -0.1) is 0 Å². The molecule has 2 heterocycles. The number of hydrogen-bond donors (Lipinski definition) is 0. The Balaban J connectivity index is 1.53. The van der Waals surface area contributed by atoms with Gasteiger partial charge in [-0.1, -0.05) is 67.8 Å². The SMILES string of the molecule is Cc1nc2ccccc2c(-c2ccccc2)c1CC(=O)OCC(=O)N1CCCCCCC1. The molecule has 0 saturated carbocycles. The molecule has 1 aliphatic heterocycles. The standard InChI is InChI=1S/C27H30N2O3/c1-20-23(18-26(31)32-19-25(30)29-16-10-3-2-4-11-17-29)27(21-12-6-5-7-13-21)22-14-8-9-15-24(22)28-20/h5-9,12-15H,2-4,10-11,16-19H2,1H3. The van der Waals surface area contributed by atoms with Gasteiger partial charge in [0.25, 0.3) is 5.91 Å². The third kappa shape index (κ3) is 5.16. The van der Waals surface area contributed by atoms with Gasteiger partial charge in [-0.05, 0) is 42.5 Å². The van der Waals surface area contributed by atoms with E-state index < -0.39 is 5.97 Å². The lowest BCUT2D eigenvalue weighted by molar-refractivity contribution is -0.151. The zero-order valence-electron chi connectivity index (χ0n) is 18.7. The summed E-state index contributed by atoms with van der Waals surface area (Å²) >= 11 is 0. The van der Waals surface area contributed by atoms with Crippen LogP contribution in [0, 0.1) is 6.92 Å². The van der Waals surface area contributed by atoms with Crippen LogP contribution in [0.1, 0.15) is 43.4 Å². The third-order valence-electron chi connectivity index (χ3n) is 6.15. The molecule has 1 amide bonds. The predicted molar refractivity (Wildman–Crippen MR) is 126 cm³/mol. The van der Waals surface area contributed by atoms with E-state index in [0.29, 0.717) is 0 Å². The summed E-state index contributed by atoms with van der Waals surface area (Å²) in [6.45, 7) is 3.23. The summed E-state index contributed by atoms with van der Waals surface area (Å²) in [5, 5.41) is 1.00. The van der Waals surface area contributed by atoms with Gasteiger partial charge in [-0.3, -0.25) is 14.6 Å². The quantitative estimate of drug-likeness (QED) is 0.529. The van der Waals surface area contributed by atoms with Gasteiger partial charge in [0.15, 0.2) is 6.61 Å². The van der Waals surface area contributed by atoms with Crippen LogP contribution < -0.4 is 0 Å². The van der Waals surface area contributed by atoms with E-state index in [9.17, 15) is 9.59 Å². The fourth-order valence-electron chi connectivity index (χ4n) is 4.45. The highest BCUT2D eigenvalue weighted by atomic mass is 16.5. The lowest BCUT2D eigenvalue weighted by atomic mass is 9.93. The number of esters is 1. The van der Waals surface area contributed by atoms with Gasteiger partial charge in [-0.25, -0.2) is 0 Å². The van der Waals surface area contributed by atoms with Crippen molar-refractivity contribution < 1.29 is 14.3 Å². The normalized spacial score (nSPS) is 14.6. The molecular formula is C27H30N2O3. The van der Waals surface area contributed by atoms with Crippen molar-refractivity contribution in [3.8, 4) is 11.1 Å². The Bertz CT molecular complexity index is 1090. The van der Waals surface area contributed by atoms with Crippen molar-refractivity contribution in [2.24, 2.45) is 0 Å². The smallest absolute Gasteiger partial charge is 0.310 e. The first kappa shape index (κ1) is 22.0. The van der Waals surface area contributed by atoms with E-state index in [4.69, 9.17) is 9.72 Å². The van der Waals surface area contributed by atoms with Crippen molar-refractivity contribution in [2.45, 2.75) is 45.4 Å². The highest BCUT2D eigenvalue weighted by Gasteiger charge is 2.20. The van der Waals surface area contributed by atoms with Crippen molar-refractivity contribution in [2.75, 3.05) is 19.7 Å². The number of para-hydroxylation sites is 1. The van der Waals surface area contributed by atoms with Gasteiger partial charge in [0, 0.05) is 24.2 Å². The molecular weight excluding hydrogens is 400 g/mol. The Labute approximate surface area is 189 Å². The maximum atomic E-state index is 12.8. The van der Waals surface area contributed by atoms with Gasteiger partial charge in [0.2, 0.25) is 0 Å². The Morgan fingerprint density at radius 3 is 2.31 bits per heavy atom. The molecule has 32 heavy (non-hydrogen) atoms. The number of carbonyl (C=O) groups excluding carboxylic acids is 2.